The predicted molar refractivity (Wildman–Crippen MR) is 114 cm³/mol. The Kier molecular flexibility index (Phi) is 6.69. The zero-order chi connectivity index (χ0) is 19.2. The van der Waals surface area contributed by atoms with Gasteiger partial charge in [-0.15, -0.1) is 0 Å². The molecule has 3 aromatic carbocycles. The summed E-state index contributed by atoms with van der Waals surface area (Å²) in [7, 11) is 0. The molecule has 0 saturated heterocycles. The third kappa shape index (κ3) is 5.21. The Labute approximate surface area is 175 Å². The van der Waals surface area contributed by atoms with E-state index in [1.165, 1.54) is 0 Å². The van der Waals surface area contributed by atoms with Gasteiger partial charge in [0.25, 0.3) is 0 Å². The maximum atomic E-state index is 10.8. The molecule has 0 fully saturated rings. The molecule has 0 bridgehead atoms. The van der Waals surface area contributed by atoms with Crippen LogP contribution in [0.4, 0.5) is 0 Å². The highest BCUT2D eigenvalue weighted by Crippen LogP contribution is 2.36. The first-order valence-corrected chi connectivity index (χ1v) is 10.1. The molecule has 0 spiro atoms. The number of carbonyl (C=O) groups is 1. The van der Waals surface area contributed by atoms with Gasteiger partial charge in [0.2, 0.25) is 0 Å². The van der Waals surface area contributed by atoms with Gasteiger partial charge < -0.3 is 9.84 Å². The van der Waals surface area contributed by atoms with Crippen molar-refractivity contribution >= 4 is 37.8 Å². The molecule has 3 nitrogen and oxygen atoms in total. The van der Waals surface area contributed by atoms with Crippen LogP contribution in [0, 0.1) is 0 Å². The summed E-state index contributed by atoms with van der Waals surface area (Å²) in [6.45, 7) is 0.427. The molecule has 0 aliphatic rings. The fourth-order valence-electron chi connectivity index (χ4n) is 2.84. The second kappa shape index (κ2) is 9.20. The Morgan fingerprint density at radius 3 is 2.22 bits per heavy atom. The molecule has 0 amide bonds. The van der Waals surface area contributed by atoms with Gasteiger partial charge in [0.1, 0.15) is 12.4 Å². The number of carboxylic acids is 1. The van der Waals surface area contributed by atoms with Gasteiger partial charge in [0.15, 0.2) is 0 Å². The first-order valence-electron chi connectivity index (χ1n) is 8.50. The summed E-state index contributed by atoms with van der Waals surface area (Å²) < 4.78 is 7.69. The Morgan fingerprint density at radius 2 is 1.56 bits per heavy atom. The highest BCUT2D eigenvalue weighted by Gasteiger charge is 2.12. The van der Waals surface area contributed by atoms with E-state index in [0.717, 1.165) is 31.2 Å². The van der Waals surface area contributed by atoms with Gasteiger partial charge in [0, 0.05) is 6.42 Å². The second-order valence-corrected chi connectivity index (χ2v) is 7.80. The van der Waals surface area contributed by atoms with Crippen molar-refractivity contribution in [3.05, 3.63) is 86.8 Å². The lowest BCUT2D eigenvalue weighted by Gasteiger charge is -2.14. The third-order valence-corrected chi connectivity index (χ3v) is 5.34. The fraction of sp³-hybridized carbons (Fsp3) is 0.136. The van der Waals surface area contributed by atoms with E-state index in [9.17, 15) is 4.79 Å². The molecule has 3 rings (SSSR count). The summed E-state index contributed by atoms with van der Waals surface area (Å²) >= 11 is 7.08. The van der Waals surface area contributed by atoms with E-state index in [1.807, 2.05) is 42.5 Å². The summed E-state index contributed by atoms with van der Waals surface area (Å²) in [5.41, 5.74) is 4.33. The van der Waals surface area contributed by atoms with Gasteiger partial charge in [-0.3, -0.25) is 4.79 Å². The van der Waals surface area contributed by atoms with Crippen molar-refractivity contribution in [1.82, 2.24) is 0 Å². The molecule has 27 heavy (non-hydrogen) atoms. The number of ether oxygens (including phenoxy) is 1. The van der Waals surface area contributed by atoms with E-state index in [1.54, 1.807) is 0 Å². The molecule has 0 heterocycles. The molecule has 0 radical (unpaired) electrons. The van der Waals surface area contributed by atoms with Crippen LogP contribution in [0.25, 0.3) is 11.1 Å². The summed E-state index contributed by atoms with van der Waals surface area (Å²) in [5, 5.41) is 8.85. The minimum atomic E-state index is -0.805. The first kappa shape index (κ1) is 19.6. The van der Waals surface area contributed by atoms with Crippen LogP contribution < -0.4 is 4.74 Å². The second-order valence-electron chi connectivity index (χ2n) is 6.09. The third-order valence-electron chi connectivity index (χ3n) is 4.16. The van der Waals surface area contributed by atoms with Crippen molar-refractivity contribution in [3.63, 3.8) is 0 Å². The standard InChI is InChI=1S/C22H18Br2O3/c23-19-12-15(10-11-21(25)26)13-20(24)22(19)27-14-17-8-4-5-9-18(17)16-6-2-1-3-7-16/h1-9,12-13H,10-11,14H2,(H,25,26). The van der Waals surface area contributed by atoms with Crippen LogP contribution >= 0.6 is 31.9 Å². The van der Waals surface area contributed by atoms with Crippen molar-refractivity contribution in [3.8, 4) is 16.9 Å². The van der Waals surface area contributed by atoms with E-state index in [0.29, 0.717) is 18.8 Å². The average molecular weight is 490 g/mol. The van der Waals surface area contributed by atoms with Gasteiger partial charge in [0.05, 0.1) is 8.95 Å². The van der Waals surface area contributed by atoms with Crippen LogP contribution in [0.1, 0.15) is 17.5 Å². The van der Waals surface area contributed by atoms with Crippen LogP contribution in [0.15, 0.2) is 75.7 Å². The minimum Gasteiger partial charge on any atom is -0.487 e. The topological polar surface area (TPSA) is 46.5 Å². The van der Waals surface area contributed by atoms with Crippen molar-refractivity contribution in [2.45, 2.75) is 19.4 Å². The monoisotopic (exact) mass is 488 g/mol. The lowest BCUT2D eigenvalue weighted by Crippen LogP contribution is -2.01. The van der Waals surface area contributed by atoms with Crippen molar-refractivity contribution < 1.29 is 14.6 Å². The number of rotatable bonds is 7. The van der Waals surface area contributed by atoms with Crippen LogP contribution in [0.5, 0.6) is 5.75 Å². The van der Waals surface area contributed by atoms with Crippen molar-refractivity contribution in [2.75, 3.05) is 0 Å². The number of carboxylic acid groups (broad SMARTS) is 1. The number of hydrogen-bond acceptors (Lipinski definition) is 2. The lowest BCUT2D eigenvalue weighted by molar-refractivity contribution is -0.136. The molecule has 0 unspecified atom stereocenters. The minimum absolute atomic E-state index is 0.101. The quantitative estimate of drug-likeness (QED) is 0.413. The van der Waals surface area contributed by atoms with E-state index >= 15 is 0 Å². The van der Waals surface area contributed by atoms with Crippen LogP contribution in [0.2, 0.25) is 0 Å². The normalized spacial score (nSPS) is 10.6. The molecule has 0 aliphatic heterocycles. The zero-order valence-electron chi connectivity index (χ0n) is 14.5. The fourth-order valence-corrected chi connectivity index (χ4v) is 4.35. The summed E-state index contributed by atoms with van der Waals surface area (Å²) in [4.78, 5) is 10.8. The predicted octanol–water partition coefficient (Wildman–Crippen LogP) is 6.47. The van der Waals surface area contributed by atoms with Gasteiger partial charge in [-0.1, -0.05) is 54.6 Å². The Hall–Kier alpha value is -2.11. The molecule has 5 heteroatoms. The van der Waals surface area contributed by atoms with Gasteiger partial charge in [-0.2, -0.15) is 0 Å². The van der Waals surface area contributed by atoms with Crippen molar-refractivity contribution in [1.29, 1.82) is 0 Å². The van der Waals surface area contributed by atoms with Crippen molar-refractivity contribution in [2.24, 2.45) is 0 Å². The smallest absolute Gasteiger partial charge is 0.303 e. The van der Waals surface area contributed by atoms with Crippen LogP contribution in [-0.2, 0) is 17.8 Å². The summed E-state index contributed by atoms with van der Waals surface area (Å²) in [6.07, 6.45) is 0.577. The molecule has 0 atom stereocenters. The highest BCUT2D eigenvalue weighted by atomic mass is 79.9. The van der Waals surface area contributed by atoms with Crippen LogP contribution in [0.3, 0.4) is 0 Å². The maximum absolute atomic E-state index is 10.8. The average Bonchev–Trinajstić information content (AvgIpc) is 2.67. The van der Waals surface area contributed by atoms with E-state index < -0.39 is 5.97 Å². The number of hydrogen-bond donors (Lipinski definition) is 1. The van der Waals surface area contributed by atoms with Gasteiger partial charge in [-0.05, 0) is 72.7 Å². The molecule has 0 aromatic heterocycles. The Morgan fingerprint density at radius 1 is 0.926 bits per heavy atom. The molecule has 138 valence electrons. The summed E-state index contributed by atoms with van der Waals surface area (Å²) in [5.74, 6) is -0.1000. The molecule has 0 aliphatic carbocycles. The molecule has 0 saturated carbocycles. The zero-order valence-corrected chi connectivity index (χ0v) is 17.7. The number of aryl methyl sites for hydroxylation is 1. The maximum Gasteiger partial charge on any atom is 0.303 e. The van der Waals surface area contributed by atoms with Crippen LogP contribution in [-0.4, -0.2) is 11.1 Å². The van der Waals surface area contributed by atoms with E-state index in [2.05, 4.69) is 56.1 Å². The molecule has 1 N–H and O–H groups in total. The van der Waals surface area contributed by atoms with E-state index in [4.69, 9.17) is 9.84 Å². The molecule has 3 aromatic rings. The van der Waals surface area contributed by atoms with Gasteiger partial charge >= 0.3 is 5.97 Å². The Bertz CT molecular complexity index is 916. The number of benzene rings is 3. The first-order chi connectivity index (χ1) is 13.0. The largest absolute Gasteiger partial charge is 0.487 e. The van der Waals surface area contributed by atoms with E-state index in [-0.39, 0.29) is 6.42 Å². The molecular weight excluding hydrogens is 472 g/mol. The number of aliphatic carboxylic acids is 1. The lowest BCUT2D eigenvalue weighted by atomic mass is 10.0. The summed E-state index contributed by atoms with van der Waals surface area (Å²) in [6, 6.07) is 22.2. The molecular formula is C22H18Br2O3. The Balaban J connectivity index is 1.79. The van der Waals surface area contributed by atoms with Gasteiger partial charge in [-0.25, -0.2) is 0 Å². The SMILES string of the molecule is O=C(O)CCc1cc(Br)c(OCc2ccccc2-c2ccccc2)c(Br)c1. The highest BCUT2D eigenvalue weighted by molar-refractivity contribution is 9.11. The number of halogens is 2.